The molecule has 0 saturated carbocycles. The molecular formula is C34H41N3O7S. The van der Waals surface area contributed by atoms with Gasteiger partial charge in [0.2, 0.25) is 11.8 Å². The number of aliphatic hydroxyl groups is 1. The van der Waals surface area contributed by atoms with Crippen LogP contribution in [0, 0.1) is 5.92 Å². The number of rotatable bonds is 15. The molecule has 10 nitrogen and oxygen atoms in total. The molecule has 3 aromatic rings. The van der Waals surface area contributed by atoms with Crippen molar-refractivity contribution in [2.45, 2.75) is 76.2 Å². The second-order valence-electron chi connectivity index (χ2n) is 11.1. The molecule has 0 bridgehead atoms. The number of unbranched alkanes of at least 4 members (excludes halogenated alkanes) is 2. The monoisotopic (exact) mass is 635 g/mol. The van der Waals surface area contributed by atoms with Gasteiger partial charge < -0.3 is 30.3 Å². The lowest BCUT2D eigenvalue weighted by molar-refractivity contribution is -0.268. The van der Waals surface area contributed by atoms with Crippen molar-refractivity contribution in [2.24, 2.45) is 5.92 Å². The number of carbonyl (C=O) groups excluding carboxylic acids is 2. The summed E-state index contributed by atoms with van der Waals surface area (Å²) < 4.78 is 13.0. The van der Waals surface area contributed by atoms with Gasteiger partial charge in [-0.1, -0.05) is 61.9 Å². The van der Waals surface area contributed by atoms with Gasteiger partial charge in [0, 0.05) is 49.9 Å². The van der Waals surface area contributed by atoms with E-state index in [1.165, 1.54) is 18.7 Å². The van der Waals surface area contributed by atoms with Gasteiger partial charge in [-0.05, 0) is 41.7 Å². The van der Waals surface area contributed by atoms with Gasteiger partial charge in [-0.15, -0.1) is 11.8 Å². The van der Waals surface area contributed by atoms with E-state index in [0.29, 0.717) is 30.3 Å². The van der Waals surface area contributed by atoms with E-state index in [0.717, 1.165) is 41.5 Å². The summed E-state index contributed by atoms with van der Waals surface area (Å²) in [4.78, 5) is 39.2. The summed E-state index contributed by atoms with van der Waals surface area (Å²) in [6, 6.07) is 18.6. The Labute approximate surface area is 267 Å². The van der Waals surface area contributed by atoms with Crippen LogP contribution in [0.3, 0.4) is 0 Å². The highest BCUT2D eigenvalue weighted by Crippen LogP contribution is 2.43. The summed E-state index contributed by atoms with van der Waals surface area (Å²) in [5.41, 5.74) is 3.69. The average Bonchev–Trinajstić information content (AvgIpc) is 3.05. The zero-order chi connectivity index (χ0) is 32.2. The lowest BCUT2D eigenvalue weighted by Gasteiger charge is -2.41. The van der Waals surface area contributed by atoms with E-state index in [1.54, 1.807) is 18.3 Å². The maximum atomic E-state index is 12.3. The summed E-state index contributed by atoms with van der Waals surface area (Å²) >= 11 is 1.35. The molecule has 2 aromatic carbocycles. The second-order valence-corrected chi connectivity index (χ2v) is 12.1. The van der Waals surface area contributed by atoms with Crippen LogP contribution in [-0.4, -0.2) is 51.4 Å². The molecule has 11 heteroatoms. The zero-order valence-electron chi connectivity index (χ0n) is 25.6. The van der Waals surface area contributed by atoms with Crippen LogP contribution < -0.4 is 10.6 Å². The van der Waals surface area contributed by atoms with Crippen LogP contribution in [0.5, 0.6) is 0 Å². The number of nitrogens with zero attached hydrogens (tertiary/aromatic N) is 1. The molecule has 0 unspecified atom stereocenters. The zero-order valence-corrected chi connectivity index (χ0v) is 26.4. The molecule has 4 N–H and O–H groups in total. The molecule has 1 fully saturated rings. The summed E-state index contributed by atoms with van der Waals surface area (Å²) in [5.74, 6) is -0.674. The molecule has 2 amide bonds. The molecule has 240 valence electrons. The van der Waals surface area contributed by atoms with Gasteiger partial charge in [0.25, 0.3) is 0 Å². The fraction of sp³-hybridized carbons (Fsp3) is 0.412. The predicted octanol–water partition coefficient (Wildman–Crippen LogP) is 5.17. The van der Waals surface area contributed by atoms with Gasteiger partial charge in [-0.25, -0.2) is 9.78 Å². The van der Waals surface area contributed by atoms with E-state index in [9.17, 15) is 24.6 Å². The first-order valence-corrected chi connectivity index (χ1v) is 16.2. The number of aromatic nitrogens is 1. The fourth-order valence-corrected chi connectivity index (χ4v) is 6.22. The minimum Gasteiger partial charge on any atom is -0.478 e. The lowest BCUT2D eigenvalue weighted by atomic mass is 9.91. The van der Waals surface area contributed by atoms with Gasteiger partial charge in [0.05, 0.1) is 24.4 Å². The smallest absolute Gasteiger partial charge is 0.338 e. The minimum absolute atomic E-state index is 0.0131. The Balaban J connectivity index is 1.40. The van der Waals surface area contributed by atoms with E-state index in [1.807, 2.05) is 48.5 Å². The summed E-state index contributed by atoms with van der Waals surface area (Å²) in [7, 11) is 0. The number of carboxylic acid groups (broad SMARTS) is 1. The molecule has 4 atom stereocenters. The number of hydrogen-bond donors (Lipinski definition) is 4. The summed E-state index contributed by atoms with van der Waals surface area (Å²) in [6.07, 6.45) is 3.25. The van der Waals surface area contributed by atoms with Gasteiger partial charge in [0.1, 0.15) is 5.03 Å². The Hall–Kier alpha value is -3.77. The van der Waals surface area contributed by atoms with Crippen molar-refractivity contribution in [1.29, 1.82) is 0 Å². The highest BCUT2D eigenvalue weighted by Gasteiger charge is 2.38. The molecule has 1 aromatic heterocycles. The molecule has 4 rings (SSSR count). The van der Waals surface area contributed by atoms with E-state index >= 15 is 0 Å². The van der Waals surface area contributed by atoms with Crippen molar-refractivity contribution < 1.29 is 34.1 Å². The molecule has 0 radical (unpaired) electrons. The molecular weight excluding hydrogens is 594 g/mol. The van der Waals surface area contributed by atoms with Crippen molar-refractivity contribution in [1.82, 2.24) is 15.6 Å². The minimum atomic E-state index is -1.03. The van der Waals surface area contributed by atoms with Crippen molar-refractivity contribution in [3.8, 4) is 0 Å². The SMILES string of the molecule is CC(=O)NCCCCCC(=O)NCc1ccc([C@H]2O[C@@H](CSc3ncccc3C(=O)O)[C@@H](C)[C@@H](c3ccc(CO)cc3)O2)cc1. The number of carboxylic acids is 1. The Morgan fingerprint density at radius 3 is 2.31 bits per heavy atom. The maximum absolute atomic E-state index is 12.3. The standard InChI is InChI=1S/C34H41N3O7S/c1-22-29(21-45-32-28(33(41)42)7-6-18-36-32)43-34(44-31(22)26-13-11-25(20-38)12-14-26)27-15-9-24(10-16-27)19-37-30(40)8-4-3-5-17-35-23(2)39/h6-7,9-16,18,22,29,31,34,38H,3-5,8,17,19-21H2,1-2H3,(H,35,39)(H,37,40)(H,41,42)/t22-,29+,31+,34+/m1/s1. The molecule has 1 aliphatic heterocycles. The number of nitrogens with one attached hydrogen (secondary N) is 2. The number of hydrogen-bond acceptors (Lipinski definition) is 8. The molecule has 0 spiro atoms. The highest BCUT2D eigenvalue weighted by atomic mass is 32.2. The molecule has 0 aliphatic carbocycles. The van der Waals surface area contributed by atoms with Crippen LogP contribution in [0.15, 0.2) is 71.9 Å². The van der Waals surface area contributed by atoms with Gasteiger partial charge in [-0.2, -0.15) is 0 Å². The van der Waals surface area contributed by atoms with E-state index < -0.39 is 12.3 Å². The first kappa shape index (κ1) is 34.1. The Morgan fingerprint density at radius 1 is 0.911 bits per heavy atom. The van der Waals surface area contributed by atoms with E-state index in [4.69, 9.17) is 9.47 Å². The lowest BCUT2D eigenvalue weighted by Crippen LogP contribution is -2.38. The maximum Gasteiger partial charge on any atom is 0.338 e. The van der Waals surface area contributed by atoms with Crippen molar-refractivity contribution >= 4 is 29.5 Å². The van der Waals surface area contributed by atoms with Crippen LogP contribution in [-0.2, 0) is 32.2 Å². The van der Waals surface area contributed by atoms with Gasteiger partial charge >= 0.3 is 5.97 Å². The Kier molecular flexibility index (Phi) is 12.9. The van der Waals surface area contributed by atoms with Crippen LogP contribution in [0.4, 0.5) is 0 Å². The third kappa shape index (κ3) is 10.1. The number of carbonyl (C=O) groups is 3. The number of benzene rings is 2. The number of aliphatic hydroxyl groups excluding tert-OH is 1. The van der Waals surface area contributed by atoms with Crippen molar-refractivity contribution in [3.63, 3.8) is 0 Å². The normalized spacial score (nSPS) is 19.5. The van der Waals surface area contributed by atoms with Crippen molar-refractivity contribution in [3.05, 3.63) is 94.7 Å². The molecule has 45 heavy (non-hydrogen) atoms. The van der Waals surface area contributed by atoms with Crippen LogP contribution in [0.25, 0.3) is 0 Å². The van der Waals surface area contributed by atoms with Crippen molar-refractivity contribution in [2.75, 3.05) is 12.3 Å². The predicted molar refractivity (Wildman–Crippen MR) is 170 cm³/mol. The van der Waals surface area contributed by atoms with Crippen LogP contribution in [0.1, 0.15) is 84.5 Å². The third-order valence-electron chi connectivity index (χ3n) is 7.71. The van der Waals surface area contributed by atoms with Gasteiger partial charge in [0.15, 0.2) is 6.29 Å². The largest absolute Gasteiger partial charge is 0.478 e. The Morgan fingerprint density at radius 2 is 1.62 bits per heavy atom. The molecule has 2 heterocycles. The first-order valence-electron chi connectivity index (χ1n) is 15.2. The molecule has 1 aliphatic rings. The Bertz CT molecular complexity index is 1420. The number of thioether (sulfide) groups is 1. The summed E-state index contributed by atoms with van der Waals surface area (Å²) in [5, 5.41) is 25.2. The number of aromatic carboxylic acids is 1. The van der Waals surface area contributed by atoms with Crippen LogP contribution >= 0.6 is 11.8 Å². The first-order chi connectivity index (χ1) is 21.7. The molecule has 1 saturated heterocycles. The number of pyridine rings is 1. The number of amides is 2. The topological polar surface area (TPSA) is 147 Å². The number of ether oxygens (including phenoxy) is 2. The quantitative estimate of drug-likeness (QED) is 0.131. The highest BCUT2D eigenvalue weighted by molar-refractivity contribution is 7.99. The van der Waals surface area contributed by atoms with E-state index in [-0.39, 0.29) is 42.1 Å². The average molecular weight is 636 g/mol. The fourth-order valence-electron chi connectivity index (χ4n) is 5.07. The van der Waals surface area contributed by atoms with E-state index in [2.05, 4.69) is 22.5 Å². The third-order valence-corrected chi connectivity index (χ3v) is 8.80. The summed E-state index contributed by atoms with van der Waals surface area (Å²) in [6.45, 7) is 4.53. The van der Waals surface area contributed by atoms with Gasteiger partial charge in [-0.3, -0.25) is 9.59 Å². The second kappa shape index (κ2) is 17.1. The van der Waals surface area contributed by atoms with Crippen LogP contribution in [0.2, 0.25) is 0 Å².